The van der Waals surface area contributed by atoms with Gasteiger partial charge in [-0.2, -0.15) is 0 Å². The van der Waals surface area contributed by atoms with E-state index in [4.69, 9.17) is 0 Å². The molecule has 0 aromatic carbocycles. The molecule has 0 saturated carbocycles. The lowest BCUT2D eigenvalue weighted by atomic mass is 10.3. The van der Waals surface area contributed by atoms with Crippen molar-refractivity contribution in [2.45, 2.75) is 19.8 Å². The van der Waals surface area contributed by atoms with Crippen molar-refractivity contribution in [1.29, 1.82) is 0 Å². The summed E-state index contributed by atoms with van der Waals surface area (Å²) in [7, 11) is 3.67. The highest BCUT2D eigenvalue weighted by Crippen LogP contribution is 2.17. The van der Waals surface area contributed by atoms with Gasteiger partial charge in [-0.1, -0.05) is 21.6 Å². The maximum Gasteiger partial charge on any atom is 0.216 e. The van der Waals surface area contributed by atoms with Crippen molar-refractivity contribution < 1.29 is 4.79 Å². The molecule has 66 valence electrons. The van der Waals surface area contributed by atoms with E-state index in [9.17, 15) is 4.79 Å². The Kier molecular flexibility index (Phi) is 8.40. The van der Waals surface area contributed by atoms with E-state index in [1.807, 2.05) is 10.8 Å². The van der Waals surface area contributed by atoms with E-state index >= 15 is 0 Å². The van der Waals surface area contributed by atoms with Crippen LogP contribution in [0, 0.1) is 0 Å². The first-order chi connectivity index (χ1) is 5.27. The predicted molar refractivity (Wildman–Crippen MR) is 53.9 cm³/mol. The zero-order chi connectivity index (χ0) is 8.53. The zero-order valence-corrected chi connectivity index (χ0v) is 8.69. The molecule has 0 unspecified atom stereocenters. The Morgan fingerprint density at radius 1 is 1.45 bits per heavy atom. The SMILES string of the molecule is CSSCCCCNC(C)=O. The van der Waals surface area contributed by atoms with E-state index in [1.165, 1.54) is 12.2 Å². The van der Waals surface area contributed by atoms with Crippen LogP contribution in [0.5, 0.6) is 0 Å². The molecule has 0 heterocycles. The summed E-state index contributed by atoms with van der Waals surface area (Å²) in [6.07, 6.45) is 4.36. The van der Waals surface area contributed by atoms with Gasteiger partial charge < -0.3 is 5.32 Å². The molecular formula is C7H15NOS2. The summed E-state index contributed by atoms with van der Waals surface area (Å²) < 4.78 is 0. The second-order valence-corrected chi connectivity index (χ2v) is 4.86. The summed E-state index contributed by atoms with van der Waals surface area (Å²) in [4.78, 5) is 10.4. The van der Waals surface area contributed by atoms with Crippen molar-refractivity contribution in [1.82, 2.24) is 5.32 Å². The third-order valence-electron chi connectivity index (χ3n) is 1.15. The lowest BCUT2D eigenvalue weighted by Crippen LogP contribution is -2.20. The van der Waals surface area contributed by atoms with Gasteiger partial charge in [0.1, 0.15) is 0 Å². The van der Waals surface area contributed by atoms with Crippen LogP contribution in [-0.4, -0.2) is 24.5 Å². The van der Waals surface area contributed by atoms with Crippen molar-refractivity contribution in [3.8, 4) is 0 Å². The largest absolute Gasteiger partial charge is 0.356 e. The summed E-state index contributed by atoms with van der Waals surface area (Å²) in [6, 6.07) is 0. The normalized spacial score (nSPS) is 9.64. The van der Waals surface area contributed by atoms with Crippen molar-refractivity contribution in [2.24, 2.45) is 0 Å². The van der Waals surface area contributed by atoms with E-state index in [0.29, 0.717) is 0 Å². The first-order valence-electron chi connectivity index (χ1n) is 3.67. The Balaban J connectivity index is 2.85. The summed E-state index contributed by atoms with van der Waals surface area (Å²) >= 11 is 0. The molecule has 0 fully saturated rings. The molecular weight excluding hydrogens is 178 g/mol. The quantitative estimate of drug-likeness (QED) is 0.516. The average Bonchev–Trinajstić information content (AvgIpc) is 1.96. The van der Waals surface area contributed by atoms with Gasteiger partial charge in [0.2, 0.25) is 5.91 Å². The molecule has 0 aromatic heterocycles. The Morgan fingerprint density at radius 2 is 2.18 bits per heavy atom. The van der Waals surface area contributed by atoms with Crippen molar-refractivity contribution in [3.05, 3.63) is 0 Å². The number of hydrogen-bond donors (Lipinski definition) is 1. The molecule has 11 heavy (non-hydrogen) atoms. The lowest BCUT2D eigenvalue weighted by Gasteiger charge is -2.00. The van der Waals surface area contributed by atoms with E-state index in [1.54, 1.807) is 17.7 Å². The lowest BCUT2D eigenvalue weighted by molar-refractivity contribution is -0.118. The molecule has 0 bridgehead atoms. The van der Waals surface area contributed by atoms with Crippen LogP contribution in [-0.2, 0) is 4.79 Å². The van der Waals surface area contributed by atoms with Crippen molar-refractivity contribution >= 4 is 27.5 Å². The number of rotatable bonds is 6. The molecule has 1 N–H and O–H groups in total. The average molecular weight is 193 g/mol. The number of carbonyl (C=O) groups excluding carboxylic acids is 1. The molecule has 2 nitrogen and oxygen atoms in total. The third kappa shape index (κ3) is 10.2. The number of carbonyl (C=O) groups is 1. The Morgan fingerprint density at radius 3 is 2.73 bits per heavy atom. The fourth-order valence-electron chi connectivity index (χ4n) is 0.634. The van der Waals surface area contributed by atoms with E-state index in [-0.39, 0.29) is 5.91 Å². The van der Waals surface area contributed by atoms with Crippen LogP contribution < -0.4 is 5.32 Å². The molecule has 0 saturated heterocycles. The Hall–Kier alpha value is 0.170. The Labute approximate surface area is 76.3 Å². The first kappa shape index (κ1) is 11.2. The van der Waals surface area contributed by atoms with Gasteiger partial charge in [0.25, 0.3) is 0 Å². The number of hydrogen-bond acceptors (Lipinski definition) is 3. The van der Waals surface area contributed by atoms with E-state index in [2.05, 4.69) is 11.6 Å². The van der Waals surface area contributed by atoms with Crippen LogP contribution in [0.1, 0.15) is 19.8 Å². The van der Waals surface area contributed by atoms with Crippen molar-refractivity contribution in [2.75, 3.05) is 18.6 Å². The highest BCUT2D eigenvalue weighted by Gasteiger charge is 1.90. The van der Waals surface area contributed by atoms with Crippen LogP contribution in [0.4, 0.5) is 0 Å². The Bertz CT molecular complexity index is 109. The molecule has 0 aromatic rings. The fraction of sp³-hybridized carbons (Fsp3) is 0.857. The minimum Gasteiger partial charge on any atom is -0.356 e. The predicted octanol–water partition coefficient (Wildman–Crippen LogP) is 1.91. The van der Waals surface area contributed by atoms with Crippen molar-refractivity contribution in [3.63, 3.8) is 0 Å². The van der Waals surface area contributed by atoms with Gasteiger partial charge in [0.05, 0.1) is 0 Å². The zero-order valence-electron chi connectivity index (χ0n) is 7.05. The van der Waals surface area contributed by atoms with Gasteiger partial charge in [0, 0.05) is 19.2 Å². The van der Waals surface area contributed by atoms with Crippen LogP contribution in [0.15, 0.2) is 0 Å². The van der Waals surface area contributed by atoms with Gasteiger partial charge in [0.15, 0.2) is 0 Å². The molecule has 0 aliphatic rings. The molecule has 0 rings (SSSR count). The van der Waals surface area contributed by atoms with Gasteiger partial charge in [-0.3, -0.25) is 4.79 Å². The first-order valence-corrected chi connectivity index (χ1v) is 6.40. The molecule has 0 aliphatic carbocycles. The molecule has 0 radical (unpaired) electrons. The van der Waals surface area contributed by atoms with Crippen LogP contribution in [0.25, 0.3) is 0 Å². The molecule has 0 spiro atoms. The highest BCUT2D eigenvalue weighted by molar-refractivity contribution is 8.76. The number of amides is 1. The minimum atomic E-state index is 0.0718. The van der Waals surface area contributed by atoms with E-state index in [0.717, 1.165) is 13.0 Å². The molecule has 0 atom stereocenters. The van der Waals surface area contributed by atoms with Gasteiger partial charge >= 0.3 is 0 Å². The minimum absolute atomic E-state index is 0.0718. The second-order valence-electron chi connectivity index (χ2n) is 2.18. The summed E-state index contributed by atoms with van der Waals surface area (Å²) in [5, 5.41) is 2.77. The van der Waals surface area contributed by atoms with E-state index < -0.39 is 0 Å². The molecule has 4 heteroatoms. The summed E-state index contributed by atoms with van der Waals surface area (Å²) in [5.74, 6) is 1.25. The third-order valence-corrected chi connectivity index (χ3v) is 3.04. The summed E-state index contributed by atoms with van der Waals surface area (Å²) in [5.41, 5.74) is 0. The van der Waals surface area contributed by atoms with Gasteiger partial charge in [-0.15, -0.1) is 0 Å². The smallest absolute Gasteiger partial charge is 0.216 e. The van der Waals surface area contributed by atoms with Gasteiger partial charge in [-0.05, 0) is 19.1 Å². The summed E-state index contributed by atoms with van der Waals surface area (Å²) in [6.45, 7) is 2.38. The molecule has 0 aliphatic heterocycles. The molecule has 1 amide bonds. The topological polar surface area (TPSA) is 29.1 Å². The maximum absolute atomic E-state index is 10.4. The van der Waals surface area contributed by atoms with Gasteiger partial charge in [-0.25, -0.2) is 0 Å². The second kappa shape index (κ2) is 8.27. The van der Waals surface area contributed by atoms with Crippen LogP contribution in [0.2, 0.25) is 0 Å². The maximum atomic E-state index is 10.4. The number of nitrogens with one attached hydrogen (secondary N) is 1. The van der Waals surface area contributed by atoms with Crippen LogP contribution in [0.3, 0.4) is 0 Å². The monoisotopic (exact) mass is 193 g/mol. The standard InChI is InChI=1S/C7H15NOS2/c1-7(9)8-5-3-4-6-11-10-2/h3-6H2,1-2H3,(H,8,9). The number of unbranched alkanes of at least 4 members (excludes halogenated alkanes) is 1. The fourth-order valence-corrected chi connectivity index (χ4v) is 1.98. The highest BCUT2D eigenvalue weighted by atomic mass is 33.1. The van der Waals surface area contributed by atoms with Crippen LogP contribution >= 0.6 is 21.6 Å².